The zero-order valence-electron chi connectivity index (χ0n) is 12.0. The lowest BCUT2D eigenvalue weighted by Crippen LogP contribution is -2.33. The van der Waals surface area contributed by atoms with Crippen LogP contribution in [0.15, 0.2) is 24.3 Å². The van der Waals surface area contributed by atoms with Crippen molar-refractivity contribution in [2.45, 2.75) is 25.8 Å². The van der Waals surface area contributed by atoms with Gasteiger partial charge in [-0.2, -0.15) is 0 Å². The summed E-state index contributed by atoms with van der Waals surface area (Å²) in [5.74, 6) is -0.389. The van der Waals surface area contributed by atoms with Gasteiger partial charge >= 0.3 is 5.97 Å². The molecule has 0 spiro atoms. The summed E-state index contributed by atoms with van der Waals surface area (Å²) < 4.78 is 5.14. The second-order valence-electron chi connectivity index (χ2n) is 4.94. The van der Waals surface area contributed by atoms with Crippen LogP contribution in [0.25, 0.3) is 10.9 Å². The zero-order chi connectivity index (χ0) is 15.4. The Balaban J connectivity index is 2.07. The maximum atomic E-state index is 12.1. The lowest BCUT2D eigenvalue weighted by atomic mass is 10.2. The van der Waals surface area contributed by atoms with E-state index in [4.69, 9.17) is 9.84 Å². The molecule has 112 valence electrons. The highest BCUT2D eigenvalue weighted by molar-refractivity contribution is 5.98. The second-order valence-corrected chi connectivity index (χ2v) is 4.94. The van der Waals surface area contributed by atoms with Crippen LogP contribution in [-0.4, -0.2) is 35.1 Å². The molecule has 0 aliphatic carbocycles. The molecule has 1 amide bonds. The van der Waals surface area contributed by atoms with E-state index >= 15 is 0 Å². The van der Waals surface area contributed by atoms with Gasteiger partial charge in [-0.15, -0.1) is 0 Å². The van der Waals surface area contributed by atoms with Crippen LogP contribution >= 0.6 is 0 Å². The number of carbonyl (C=O) groups is 2. The highest BCUT2D eigenvalue weighted by atomic mass is 16.5. The summed E-state index contributed by atoms with van der Waals surface area (Å²) >= 11 is 0. The molecular weight excluding hydrogens is 272 g/mol. The van der Waals surface area contributed by atoms with E-state index in [1.54, 1.807) is 20.1 Å². The summed E-state index contributed by atoms with van der Waals surface area (Å²) in [5.41, 5.74) is 1.29. The smallest absolute Gasteiger partial charge is 0.303 e. The molecule has 0 radical (unpaired) electrons. The van der Waals surface area contributed by atoms with Crippen molar-refractivity contribution in [2.24, 2.45) is 0 Å². The highest BCUT2D eigenvalue weighted by Gasteiger charge is 2.13. The normalized spacial score (nSPS) is 12.1. The predicted molar refractivity (Wildman–Crippen MR) is 78.6 cm³/mol. The molecule has 3 N–H and O–H groups in total. The largest absolute Gasteiger partial charge is 0.497 e. The number of carboxylic acids is 1. The van der Waals surface area contributed by atoms with Crippen molar-refractivity contribution in [2.75, 3.05) is 7.11 Å². The average Bonchev–Trinajstić information content (AvgIpc) is 2.87. The fourth-order valence-corrected chi connectivity index (χ4v) is 2.07. The number of H-pyrrole nitrogens is 1. The third-order valence-corrected chi connectivity index (χ3v) is 3.24. The monoisotopic (exact) mass is 290 g/mol. The van der Waals surface area contributed by atoms with Crippen LogP contribution in [0.2, 0.25) is 0 Å². The minimum atomic E-state index is -0.867. The van der Waals surface area contributed by atoms with E-state index in [2.05, 4.69) is 10.3 Å². The van der Waals surface area contributed by atoms with E-state index in [1.807, 2.05) is 18.2 Å². The summed E-state index contributed by atoms with van der Waals surface area (Å²) in [5, 5.41) is 12.3. The Morgan fingerprint density at radius 3 is 2.81 bits per heavy atom. The third kappa shape index (κ3) is 3.75. The van der Waals surface area contributed by atoms with E-state index < -0.39 is 5.97 Å². The number of ether oxygens (including phenoxy) is 1. The Labute approximate surface area is 122 Å². The van der Waals surface area contributed by atoms with E-state index in [0.717, 1.165) is 16.7 Å². The number of methoxy groups -OCH3 is 1. The molecule has 0 aliphatic rings. The van der Waals surface area contributed by atoms with Gasteiger partial charge in [0.2, 0.25) is 0 Å². The van der Waals surface area contributed by atoms with Crippen LogP contribution in [0.5, 0.6) is 5.75 Å². The number of benzene rings is 1. The lowest BCUT2D eigenvalue weighted by Gasteiger charge is -2.11. The van der Waals surface area contributed by atoms with Gasteiger partial charge in [0.1, 0.15) is 11.4 Å². The number of fused-ring (bicyclic) bond motifs is 1. The summed E-state index contributed by atoms with van der Waals surface area (Å²) in [7, 11) is 1.59. The van der Waals surface area contributed by atoms with Crippen LogP contribution in [0.1, 0.15) is 30.3 Å². The van der Waals surface area contributed by atoms with Gasteiger partial charge in [-0.25, -0.2) is 0 Å². The number of aromatic amines is 1. The summed E-state index contributed by atoms with van der Waals surface area (Å²) in [6, 6.07) is 7.05. The van der Waals surface area contributed by atoms with Gasteiger partial charge < -0.3 is 20.1 Å². The molecule has 0 aliphatic heterocycles. The first-order chi connectivity index (χ1) is 9.99. The number of aliphatic carboxylic acids is 1. The molecule has 1 aromatic heterocycles. The van der Waals surface area contributed by atoms with Crippen molar-refractivity contribution in [3.63, 3.8) is 0 Å². The van der Waals surface area contributed by atoms with E-state index in [9.17, 15) is 9.59 Å². The van der Waals surface area contributed by atoms with Crippen molar-refractivity contribution >= 4 is 22.8 Å². The van der Waals surface area contributed by atoms with E-state index in [1.165, 1.54) is 0 Å². The van der Waals surface area contributed by atoms with Crippen molar-refractivity contribution in [3.8, 4) is 5.75 Å². The molecule has 2 aromatic rings. The fourth-order valence-electron chi connectivity index (χ4n) is 2.07. The maximum absolute atomic E-state index is 12.1. The molecule has 21 heavy (non-hydrogen) atoms. The minimum Gasteiger partial charge on any atom is -0.497 e. The Hall–Kier alpha value is -2.50. The van der Waals surface area contributed by atoms with Crippen molar-refractivity contribution in [3.05, 3.63) is 30.0 Å². The summed E-state index contributed by atoms with van der Waals surface area (Å²) in [6.45, 7) is 1.78. The van der Waals surface area contributed by atoms with Crippen LogP contribution < -0.4 is 10.1 Å². The number of aromatic nitrogens is 1. The molecule has 1 atom stereocenters. The topological polar surface area (TPSA) is 91.4 Å². The van der Waals surface area contributed by atoms with E-state index in [-0.39, 0.29) is 18.4 Å². The summed E-state index contributed by atoms with van der Waals surface area (Å²) in [4.78, 5) is 25.6. The molecule has 1 heterocycles. The second kappa shape index (κ2) is 6.30. The number of nitrogens with one attached hydrogen (secondary N) is 2. The van der Waals surface area contributed by atoms with Gasteiger partial charge in [-0.3, -0.25) is 9.59 Å². The lowest BCUT2D eigenvalue weighted by molar-refractivity contribution is -0.137. The van der Waals surface area contributed by atoms with Crippen molar-refractivity contribution in [1.82, 2.24) is 10.3 Å². The number of amides is 1. The van der Waals surface area contributed by atoms with Crippen LogP contribution in [0, 0.1) is 0 Å². The van der Waals surface area contributed by atoms with Gasteiger partial charge in [0, 0.05) is 23.4 Å². The molecule has 1 unspecified atom stereocenters. The number of hydrogen-bond donors (Lipinski definition) is 3. The van der Waals surface area contributed by atoms with Crippen LogP contribution in [-0.2, 0) is 4.79 Å². The molecule has 1 aromatic carbocycles. The number of carboxylic acid groups (broad SMARTS) is 1. The van der Waals surface area contributed by atoms with Gasteiger partial charge in [0.25, 0.3) is 5.91 Å². The third-order valence-electron chi connectivity index (χ3n) is 3.24. The Bertz CT molecular complexity index is 663. The van der Waals surface area contributed by atoms with Crippen LogP contribution in [0.4, 0.5) is 0 Å². The first-order valence-corrected chi connectivity index (χ1v) is 6.69. The Morgan fingerprint density at radius 1 is 1.38 bits per heavy atom. The Kier molecular flexibility index (Phi) is 4.47. The SMILES string of the molecule is COc1ccc2[nH]c(C(=O)NC(C)CCC(=O)O)cc2c1. The van der Waals surface area contributed by atoms with E-state index in [0.29, 0.717) is 12.1 Å². The molecule has 0 saturated heterocycles. The number of carbonyl (C=O) groups excluding carboxylic acids is 1. The molecule has 6 nitrogen and oxygen atoms in total. The van der Waals surface area contributed by atoms with Gasteiger partial charge in [-0.05, 0) is 37.6 Å². The number of hydrogen-bond acceptors (Lipinski definition) is 3. The molecular formula is C15H18N2O4. The first kappa shape index (κ1) is 14.9. The van der Waals surface area contributed by atoms with Gasteiger partial charge in [0.15, 0.2) is 0 Å². The van der Waals surface area contributed by atoms with Gasteiger partial charge in [-0.1, -0.05) is 0 Å². The zero-order valence-corrected chi connectivity index (χ0v) is 12.0. The Morgan fingerprint density at radius 2 is 2.14 bits per heavy atom. The van der Waals surface area contributed by atoms with Crippen molar-refractivity contribution in [1.29, 1.82) is 0 Å². The highest BCUT2D eigenvalue weighted by Crippen LogP contribution is 2.21. The van der Waals surface area contributed by atoms with Crippen molar-refractivity contribution < 1.29 is 19.4 Å². The fraction of sp³-hybridized carbons (Fsp3) is 0.333. The molecule has 0 fully saturated rings. The number of rotatable bonds is 6. The molecule has 0 bridgehead atoms. The molecule has 2 rings (SSSR count). The van der Waals surface area contributed by atoms with Gasteiger partial charge in [0.05, 0.1) is 7.11 Å². The minimum absolute atomic E-state index is 0.0331. The molecule has 0 saturated carbocycles. The summed E-state index contributed by atoms with van der Waals surface area (Å²) in [6.07, 6.45) is 0.431. The quantitative estimate of drug-likeness (QED) is 0.760. The maximum Gasteiger partial charge on any atom is 0.303 e. The average molecular weight is 290 g/mol. The first-order valence-electron chi connectivity index (χ1n) is 6.69. The standard InChI is InChI=1S/C15H18N2O4/c1-9(3-6-14(18)19)16-15(20)13-8-10-7-11(21-2)4-5-12(10)17-13/h4-5,7-9,17H,3,6H2,1-2H3,(H,16,20)(H,18,19). The van der Waals surface area contributed by atoms with Crippen LogP contribution in [0.3, 0.4) is 0 Å². The molecule has 6 heteroatoms. The predicted octanol–water partition coefficient (Wildman–Crippen LogP) is 2.16.